The first-order valence-electron chi connectivity index (χ1n) is 9.60. The second-order valence-corrected chi connectivity index (χ2v) is 7.67. The maximum Gasteiger partial charge on any atom is 0.116 e. The summed E-state index contributed by atoms with van der Waals surface area (Å²) < 4.78 is 0. The summed E-state index contributed by atoms with van der Waals surface area (Å²) in [6, 6.07) is 20.9. The van der Waals surface area contributed by atoms with Gasteiger partial charge in [-0.05, 0) is 102 Å². The summed E-state index contributed by atoms with van der Waals surface area (Å²) in [5, 5.41) is 49.8. The average molecular weight is 392 g/mol. The summed E-state index contributed by atoms with van der Waals surface area (Å²) in [5.74, 6) is 0.579. The lowest BCUT2D eigenvalue weighted by Gasteiger charge is -2.17. The highest BCUT2D eigenvalue weighted by Gasteiger charge is 2.17. The highest BCUT2D eigenvalue weighted by molar-refractivity contribution is 6.39. The van der Waals surface area contributed by atoms with Crippen molar-refractivity contribution in [1.82, 2.24) is 0 Å². The molecule has 0 aromatic heterocycles. The lowest BCUT2D eigenvalue weighted by molar-refractivity contribution is 0.475. The molecule has 0 spiro atoms. The Morgan fingerprint density at radius 3 is 0.767 bits per heavy atom. The molecule has 0 amide bonds. The molecule has 4 nitrogen and oxygen atoms in total. The monoisotopic (exact) mass is 392 g/mol. The van der Waals surface area contributed by atoms with E-state index in [-0.39, 0.29) is 23.0 Å². The van der Waals surface area contributed by atoms with Crippen molar-refractivity contribution in [2.24, 2.45) is 0 Å². The summed E-state index contributed by atoms with van der Waals surface area (Å²) in [5.41, 5.74) is 0. The van der Waals surface area contributed by atoms with E-state index in [1.165, 1.54) is 0 Å². The predicted octanol–water partition coefficient (Wildman–Crippen LogP) is 6.28. The number of rotatable bonds is 0. The molecule has 0 radical (unpaired) electrons. The number of phenols is 4. The quantitative estimate of drug-likeness (QED) is 0.230. The van der Waals surface area contributed by atoms with Gasteiger partial charge >= 0.3 is 0 Å². The van der Waals surface area contributed by atoms with Crippen LogP contribution in [0.15, 0.2) is 72.8 Å². The van der Waals surface area contributed by atoms with Crippen LogP contribution in [0.3, 0.4) is 0 Å². The molecule has 144 valence electrons. The highest BCUT2D eigenvalue weighted by atomic mass is 16.3. The van der Waals surface area contributed by atoms with Crippen molar-refractivity contribution in [2.75, 3.05) is 0 Å². The van der Waals surface area contributed by atoms with Crippen molar-refractivity contribution < 1.29 is 20.4 Å². The van der Waals surface area contributed by atoms with Crippen LogP contribution in [0, 0.1) is 0 Å². The van der Waals surface area contributed by atoms with Gasteiger partial charge in [-0.25, -0.2) is 0 Å². The molecule has 4 heteroatoms. The Morgan fingerprint density at radius 2 is 0.533 bits per heavy atom. The maximum atomic E-state index is 10.3. The van der Waals surface area contributed by atoms with Crippen LogP contribution in [-0.4, -0.2) is 20.4 Å². The Labute approximate surface area is 170 Å². The van der Waals surface area contributed by atoms with E-state index < -0.39 is 0 Å². The highest BCUT2D eigenvalue weighted by Crippen LogP contribution is 2.46. The molecule has 0 saturated heterocycles. The van der Waals surface area contributed by atoms with Crippen LogP contribution >= 0.6 is 0 Å². The smallest absolute Gasteiger partial charge is 0.116 e. The van der Waals surface area contributed by atoms with Crippen molar-refractivity contribution in [3.8, 4) is 23.0 Å². The molecule has 0 atom stereocenters. The molecule has 0 aliphatic carbocycles. The minimum absolute atomic E-state index is 0.145. The Balaban J connectivity index is 2.11. The van der Waals surface area contributed by atoms with E-state index in [4.69, 9.17) is 0 Å². The van der Waals surface area contributed by atoms with E-state index >= 15 is 0 Å². The van der Waals surface area contributed by atoms with Gasteiger partial charge in [0.15, 0.2) is 0 Å². The van der Waals surface area contributed by atoms with Crippen molar-refractivity contribution in [2.45, 2.75) is 0 Å². The zero-order chi connectivity index (χ0) is 20.6. The zero-order valence-corrected chi connectivity index (χ0v) is 15.7. The molecule has 0 bridgehead atoms. The molecule has 0 unspecified atom stereocenters. The number of benzene rings is 6. The minimum Gasteiger partial charge on any atom is -0.508 e. The fourth-order valence-corrected chi connectivity index (χ4v) is 4.72. The Morgan fingerprint density at radius 1 is 0.300 bits per heavy atom. The standard InChI is InChI=1S/C26H16O4/c27-13-1-5-17-18-6-2-14(28)10-22(18)26-24-12-16(30)4-8-20(24)19-7-3-15(29)11-23(19)25(26)21(17)9-13/h1-12,27-30H. The van der Waals surface area contributed by atoms with Crippen molar-refractivity contribution in [3.63, 3.8) is 0 Å². The molecule has 0 aliphatic heterocycles. The lowest BCUT2D eigenvalue weighted by Crippen LogP contribution is -1.88. The third kappa shape index (κ3) is 2.16. The van der Waals surface area contributed by atoms with Crippen molar-refractivity contribution >= 4 is 53.9 Å². The van der Waals surface area contributed by atoms with Crippen LogP contribution in [0.2, 0.25) is 0 Å². The summed E-state index contributed by atoms with van der Waals surface area (Å²) >= 11 is 0. The van der Waals surface area contributed by atoms with Gasteiger partial charge in [0, 0.05) is 0 Å². The predicted molar refractivity (Wildman–Crippen MR) is 121 cm³/mol. The molecule has 0 heterocycles. The molecule has 6 rings (SSSR count). The molecule has 30 heavy (non-hydrogen) atoms. The van der Waals surface area contributed by atoms with E-state index in [1.807, 2.05) is 24.3 Å². The number of hydrogen-bond donors (Lipinski definition) is 4. The second-order valence-electron chi connectivity index (χ2n) is 7.67. The first-order chi connectivity index (χ1) is 14.5. The van der Waals surface area contributed by atoms with Gasteiger partial charge < -0.3 is 20.4 Å². The Hall–Kier alpha value is -4.18. The fraction of sp³-hybridized carbons (Fsp3) is 0. The molecule has 6 aromatic carbocycles. The van der Waals surface area contributed by atoms with Gasteiger partial charge in [-0.3, -0.25) is 0 Å². The summed E-state index contributed by atoms with van der Waals surface area (Å²) in [6.07, 6.45) is 0. The van der Waals surface area contributed by atoms with Gasteiger partial charge in [-0.15, -0.1) is 0 Å². The third-order valence-electron chi connectivity index (χ3n) is 5.92. The lowest BCUT2D eigenvalue weighted by atomic mass is 9.87. The van der Waals surface area contributed by atoms with Crippen LogP contribution in [0.4, 0.5) is 0 Å². The average Bonchev–Trinajstić information content (AvgIpc) is 2.72. The summed E-state index contributed by atoms with van der Waals surface area (Å²) in [4.78, 5) is 0. The number of phenolic OH excluding ortho intramolecular Hbond substituents is 4. The minimum atomic E-state index is 0.145. The van der Waals surface area contributed by atoms with Crippen LogP contribution in [0.5, 0.6) is 23.0 Å². The van der Waals surface area contributed by atoms with Gasteiger partial charge in [-0.1, -0.05) is 24.3 Å². The van der Waals surface area contributed by atoms with Crippen LogP contribution in [-0.2, 0) is 0 Å². The number of hydrogen-bond acceptors (Lipinski definition) is 4. The second kappa shape index (κ2) is 5.67. The molecule has 6 aromatic rings. The van der Waals surface area contributed by atoms with Crippen LogP contribution < -0.4 is 0 Å². The molecule has 0 fully saturated rings. The van der Waals surface area contributed by atoms with E-state index in [0.717, 1.165) is 53.9 Å². The van der Waals surface area contributed by atoms with E-state index in [9.17, 15) is 20.4 Å². The van der Waals surface area contributed by atoms with Gasteiger partial charge in [-0.2, -0.15) is 0 Å². The van der Waals surface area contributed by atoms with Crippen LogP contribution in [0.25, 0.3) is 53.9 Å². The fourth-order valence-electron chi connectivity index (χ4n) is 4.72. The van der Waals surface area contributed by atoms with Gasteiger partial charge in [0.2, 0.25) is 0 Å². The summed E-state index contributed by atoms with van der Waals surface area (Å²) in [7, 11) is 0. The van der Waals surface area contributed by atoms with E-state index in [1.54, 1.807) is 48.5 Å². The first-order valence-corrected chi connectivity index (χ1v) is 9.60. The third-order valence-corrected chi connectivity index (χ3v) is 5.92. The first kappa shape index (κ1) is 16.7. The Bertz CT molecular complexity index is 1430. The van der Waals surface area contributed by atoms with Gasteiger partial charge in [0.05, 0.1) is 0 Å². The van der Waals surface area contributed by atoms with E-state index in [2.05, 4.69) is 0 Å². The SMILES string of the molecule is Oc1ccc2c3ccc(O)cc3c3c4cc(O)ccc4c4ccc(O)cc4c3c2c1. The maximum absolute atomic E-state index is 10.3. The molecule has 0 saturated carbocycles. The number of fused-ring (bicyclic) bond motifs is 11. The van der Waals surface area contributed by atoms with Crippen LogP contribution in [0.1, 0.15) is 0 Å². The molecular weight excluding hydrogens is 376 g/mol. The van der Waals surface area contributed by atoms with Crippen molar-refractivity contribution in [1.29, 1.82) is 0 Å². The van der Waals surface area contributed by atoms with E-state index in [0.29, 0.717) is 0 Å². The molecule has 4 N–H and O–H groups in total. The zero-order valence-electron chi connectivity index (χ0n) is 15.7. The molecule has 0 aliphatic rings. The van der Waals surface area contributed by atoms with Gasteiger partial charge in [0.1, 0.15) is 23.0 Å². The largest absolute Gasteiger partial charge is 0.508 e. The topological polar surface area (TPSA) is 80.9 Å². The molecular formula is C26H16O4. The van der Waals surface area contributed by atoms with Gasteiger partial charge in [0.25, 0.3) is 0 Å². The normalized spacial score (nSPS) is 11.9. The summed E-state index contributed by atoms with van der Waals surface area (Å²) in [6.45, 7) is 0. The Kier molecular flexibility index (Phi) is 3.17. The van der Waals surface area contributed by atoms with Crippen molar-refractivity contribution in [3.05, 3.63) is 72.8 Å². The number of aromatic hydroxyl groups is 4.